The second kappa shape index (κ2) is 6.72. The number of fused-ring (bicyclic) bond motifs is 1. The van der Waals surface area contributed by atoms with Crippen molar-refractivity contribution >= 4 is 34.5 Å². The Morgan fingerprint density at radius 3 is 2.67 bits per heavy atom. The van der Waals surface area contributed by atoms with E-state index in [0.29, 0.717) is 27.2 Å². The molecule has 24 heavy (non-hydrogen) atoms. The molecule has 1 amide bonds. The van der Waals surface area contributed by atoms with Gasteiger partial charge in [0.1, 0.15) is 5.65 Å². The van der Waals surface area contributed by atoms with Crippen LogP contribution in [0, 0.1) is 0 Å². The number of ether oxygens (including phenoxy) is 1. The number of pyridine rings is 1. The summed E-state index contributed by atoms with van der Waals surface area (Å²) in [5, 5.41) is 3.92. The van der Waals surface area contributed by atoms with Crippen LogP contribution in [0.1, 0.15) is 22.0 Å². The average Bonchev–Trinajstić information content (AvgIpc) is 3.08. The van der Waals surface area contributed by atoms with Crippen molar-refractivity contribution in [1.29, 1.82) is 0 Å². The number of rotatable bonds is 4. The topological polar surface area (TPSA) is 84.1 Å². The number of esters is 1. The van der Waals surface area contributed by atoms with Crippen LogP contribution in [0.15, 0.2) is 48.8 Å². The maximum Gasteiger partial charge on any atom is 0.333 e. The molecule has 2 aromatic heterocycles. The number of aromatic amines is 1. The third-order valence-corrected chi connectivity index (χ3v) is 3.87. The lowest BCUT2D eigenvalue weighted by molar-refractivity contribution is -0.143. The van der Waals surface area contributed by atoms with Gasteiger partial charge in [-0.1, -0.05) is 23.7 Å². The fourth-order valence-electron chi connectivity index (χ4n) is 2.42. The number of H-pyrrole nitrogens is 1. The van der Waals surface area contributed by atoms with E-state index in [0.717, 1.165) is 0 Å². The van der Waals surface area contributed by atoms with Gasteiger partial charge < -0.3 is 15.0 Å². The number of nitrogens with zero attached hydrogens (tertiary/aromatic N) is 1. The van der Waals surface area contributed by atoms with Crippen molar-refractivity contribution in [3.05, 3.63) is 64.9 Å². The van der Waals surface area contributed by atoms with E-state index >= 15 is 0 Å². The van der Waals surface area contributed by atoms with Gasteiger partial charge in [-0.05, 0) is 29.8 Å². The summed E-state index contributed by atoms with van der Waals surface area (Å²) in [5.41, 5.74) is 1.60. The second-order valence-electron chi connectivity index (χ2n) is 5.08. The molecule has 3 rings (SSSR count). The van der Waals surface area contributed by atoms with Gasteiger partial charge in [-0.25, -0.2) is 9.78 Å². The maximum atomic E-state index is 12.6. The van der Waals surface area contributed by atoms with Crippen molar-refractivity contribution in [2.45, 2.75) is 6.04 Å². The summed E-state index contributed by atoms with van der Waals surface area (Å²) >= 11 is 5.87. The van der Waals surface area contributed by atoms with Crippen LogP contribution in [0.2, 0.25) is 5.02 Å². The predicted molar refractivity (Wildman–Crippen MR) is 89.8 cm³/mol. The summed E-state index contributed by atoms with van der Waals surface area (Å²) in [5.74, 6) is -0.961. The lowest BCUT2D eigenvalue weighted by atomic mass is 10.1. The van der Waals surface area contributed by atoms with E-state index < -0.39 is 17.9 Å². The molecule has 6 nitrogen and oxygen atoms in total. The largest absolute Gasteiger partial charge is 0.467 e. The first-order chi connectivity index (χ1) is 11.6. The van der Waals surface area contributed by atoms with Crippen LogP contribution in [0.25, 0.3) is 11.0 Å². The molecule has 0 bridgehead atoms. The molecule has 7 heteroatoms. The summed E-state index contributed by atoms with van der Waals surface area (Å²) in [6, 6.07) is 9.06. The number of nitrogens with one attached hydrogen (secondary N) is 2. The molecule has 0 aliphatic carbocycles. The zero-order valence-corrected chi connectivity index (χ0v) is 13.5. The van der Waals surface area contributed by atoms with Crippen molar-refractivity contribution in [3.8, 4) is 0 Å². The number of halogens is 1. The quantitative estimate of drug-likeness (QED) is 0.713. The van der Waals surface area contributed by atoms with E-state index in [1.165, 1.54) is 13.3 Å². The highest BCUT2D eigenvalue weighted by Crippen LogP contribution is 2.20. The molecule has 0 spiro atoms. The SMILES string of the molecule is COC(=O)C(NC(=O)c1ccnc2[nH]ccc12)c1ccc(Cl)cc1. The number of hydrogen-bond donors (Lipinski definition) is 2. The van der Waals surface area contributed by atoms with Gasteiger partial charge in [0.05, 0.1) is 12.7 Å². The van der Waals surface area contributed by atoms with Gasteiger partial charge in [-0.15, -0.1) is 0 Å². The number of methoxy groups -OCH3 is 1. The third kappa shape index (κ3) is 3.09. The molecule has 0 radical (unpaired) electrons. The molecule has 0 saturated carbocycles. The van der Waals surface area contributed by atoms with E-state index in [1.54, 1.807) is 42.6 Å². The van der Waals surface area contributed by atoms with E-state index in [9.17, 15) is 9.59 Å². The molecule has 0 saturated heterocycles. The second-order valence-corrected chi connectivity index (χ2v) is 5.52. The lowest BCUT2D eigenvalue weighted by Gasteiger charge is -2.17. The van der Waals surface area contributed by atoms with E-state index in [1.807, 2.05) is 0 Å². The molecular formula is C17H14ClN3O3. The number of carbonyl (C=O) groups is 2. The Morgan fingerprint density at radius 2 is 1.96 bits per heavy atom. The minimum Gasteiger partial charge on any atom is -0.467 e. The molecule has 1 aromatic carbocycles. The summed E-state index contributed by atoms with van der Waals surface area (Å²) in [7, 11) is 1.27. The van der Waals surface area contributed by atoms with Gasteiger partial charge in [0.25, 0.3) is 5.91 Å². The monoisotopic (exact) mass is 343 g/mol. The smallest absolute Gasteiger partial charge is 0.333 e. The van der Waals surface area contributed by atoms with E-state index in [-0.39, 0.29) is 0 Å². The highest BCUT2D eigenvalue weighted by Gasteiger charge is 2.25. The molecule has 0 aliphatic rings. The molecule has 3 aromatic rings. The zero-order chi connectivity index (χ0) is 17.1. The van der Waals surface area contributed by atoms with Crippen LogP contribution in [0.5, 0.6) is 0 Å². The molecule has 0 aliphatic heterocycles. The van der Waals surface area contributed by atoms with E-state index in [4.69, 9.17) is 16.3 Å². The van der Waals surface area contributed by atoms with Crippen molar-refractivity contribution in [3.63, 3.8) is 0 Å². The molecule has 2 heterocycles. The summed E-state index contributed by atoms with van der Waals surface area (Å²) < 4.78 is 4.80. The van der Waals surface area contributed by atoms with Crippen LogP contribution in [0.3, 0.4) is 0 Å². The number of amides is 1. The highest BCUT2D eigenvalue weighted by molar-refractivity contribution is 6.30. The van der Waals surface area contributed by atoms with Gasteiger partial charge in [0, 0.05) is 22.8 Å². The molecular weight excluding hydrogens is 330 g/mol. The van der Waals surface area contributed by atoms with Crippen LogP contribution < -0.4 is 5.32 Å². The van der Waals surface area contributed by atoms with Crippen molar-refractivity contribution in [2.75, 3.05) is 7.11 Å². The minimum atomic E-state index is -0.929. The van der Waals surface area contributed by atoms with Crippen LogP contribution >= 0.6 is 11.6 Å². The fraction of sp³-hybridized carbons (Fsp3) is 0.118. The van der Waals surface area contributed by atoms with Gasteiger partial charge in [-0.3, -0.25) is 4.79 Å². The Morgan fingerprint density at radius 1 is 1.21 bits per heavy atom. The zero-order valence-electron chi connectivity index (χ0n) is 12.7. The minimum absolute atomic E-state index is 0.396. The summed E-state index contributed by atoms with van der Waals surface area (Å²) in [6.07, 6.45) is 3.23. The Bertz CT molecular complexity index is 889. The lowest BCUT2D eigenvalue weighted by Crippen LogP contribution is -2.34. The summed E-state index contributed by atoms with van der Waals surface area (Å²) in [4.78, 5) is 31.8. The van der Waals surface area contributed by atoms with Crippen LogP contribution in [-0.4, -0.2) is 29.0 Å². The van der Waals surface area contributed by atoms with Gasteiger partial charge in [0.2, 0.25) is 0 Å². The van der Waals surface area contributed by atoms with Crippen molar-refractivity contribution in [2.24, 2.45) is 0 Å². The Labute approximate surface area is 142 Å². The van der Waals surface area contributed by atoms with Gasteiger partial charge in [0.15, 0.2) is 6.04 Å². The Balaban J connectivity index is 1.92. The van der Waals surface area contributed by atoms with Crippen LogP contribution in [0.4, 0.5) is 0 Å². The molecule has 2 N–H and O–H groups in total. The molecule has 0 fully saturated rings. The first-order valence-electron chi connectivity index (χ1n) is 7.16. The fourth-order valence-corrected chi connectivity index (χ4v) is 2.55. The standard InChI is InChI=1S/C17H14ClN3O3/c1-24-17(23)14(10-2-4-11(18)5-3-10)21-16(22)13-7-9-20-15-12(13)6-8-19-15/h2-9,14H,1H3,(H,19,20)(H,21,22). The highest BCUT2D eigenvalue weighted by atomic mass is 35.5. The van der Waals surface area contributed by atoms with Gasteiger partial charge >= 0.3 is 5.97 Å². The first-order valence-corrected chi connectivity index (χ1v) is 7.54. The normalized spacial score (nSPS) is 11.9. The number of benzene rings is 1. The number of hydrogen-bond acceptors (Lipinski definition) is 4. The molecule has 122 valence electrons. The average molecular weight is 344 g/mol. The molecule has 1 unspecified atom stereocenters. The molecule has 1 atom stereocenters. The van der Waals surface area contributed by atoms with E-state index in [2.05, 4.69) is 15.3 Å². The van der Waals surface area contributed by atoms with Crippen molar-refractivity contribution in [1.82, 2.24) is 15.3 Å². The predicted octanol–water partition coefficient (Wildman–Crippen LogP) is 2.86. The van der Waals surface area contributed by atoms with Crippen LogP contribution in [-0.2, 0) is 9.53 Å². The van der Waals surface area contributed by atoms with Crippen molar-refractivity contribution < 1.29 is 14.3 Å². The third-order valence-electron chi connectivity index (χ3n) is 3.62. The summed E-state index contributed by atoms with van der Waals surface area (Å²) in [6.45, 7) is 0. The number of aromatic nitrogens is 2. The number of carbonyl (C=O) groups excluding carboxylic acids is 2. The maximum absolute atomic E-state index is 12.6. The van der Waals surface area contributed by atoms with Gasteiger partial charge in [-0.2, -0.15) is 0 Å². The first kappa shape index (κ1) is 16.0. The Hall–Kier alpha value is -2.86. The Kier molecular flexibility index (Phi) is 4.48.